The van der Waals surface area contributed by atoms with Crippen molar-refractivity contribution in [3.05, 3.63) is 36.0 Å². The molecule has 4 nitrogen and oxygen atoms in total. The third-order valence-corrected chi connectivity index (χ3v) is 3.96. The predicted octanol–water partition coefficient (Wildman–Crippen LogP) is 3.29. The molecule has 1 fully saturated rings. The Hall–Kier alpha value is -2.10. The molecule has 21 heavy (non-hydrogen) atoms. The van der Waals surface area contributed by atoms with Gasteiger partial charge in [0.15, 0.2) is 0 Å². The Morgan fingerprint density at radius 3 is 2.67 bits per heavy atom. The first-order valence-electron chi connectivity index (χ1n) is 7.72. The number of amides is 1. The molecule has 1 aromatic carbocycles. The van der Waals surface area contributed by atoms with E-state index in [2.05, 4.69) is 17.2 Å². The highest BCUT2D eigenvalue weighted by Crippen LogP contribution is 2.26. The molecular formula is C17H21N3O. The first kappa shape index (κ1) is 13.9. The molecule has 1 N–H and O–H groups in total. The lowest BCUT2D eigenvalue weighted by Crippen LogP contribution is -2.28. The molecule has 1 aromatic heterocycles. The Bertz CT molecular complexity index is 648. The molecule has 3 rings (SSSR count). The van der Waals surface area contributed by atoms with Crippen molar-refractivity contribution >= 4 is 22.5 Å². The van der Waals surface area contributed by atoms with Gasteiger partial charge in [0.1, 0.15) is 5.82 Å². The fourth-order valence-electron chi connectivity index (χ4n) is 2.84. The van der Waals surface area contributed by atoms with Gasteiger partial charge >= 0.3 is 0 Å². The highest BCUT2D eigenvalue weighted by molar-refractivity contribution is 6.09. The van der Waals surface area contributed by atoms with Gasteiger partial charge in [0.2, 0.25) is 0 Å². The summed E-state index contributed by atoms with van der Waals surface area (Å²) in [7, 11) is 0. The molecule has 1 saturated heterocycles. The minimum Gasteiger partial charge on any atom is -0.370 e. The topological polar surface area (TPSA) is 45.2 Å². The van der Waals surface area contributed by atoms with E-state index in [1.54, 1.807) is 6.20 Å². The molecule has 2 heterocycles. The highest BCUT2D eigenvalue weighted by Gasteiger charge is 2.22. The van der Waals surface area contributed by atoms with E-state index < -0.39 is 0 Å². The lowest BCUT2D eigenvalue weighted by atomic mass is 10.1. The van der Waals surface area contributed by atoms with E-state index >= 15 is 0 Å². The molecule has 2 aromatic rings. The molecule has 0 saturated carbocycles. The number of hydrogen-bond acceptors (Lipinski definition) is 3. The van der Waals surface area contributed by atoms with E-state index in [0.29, 0.717) is 0 Å². The summed E-state index contributed by atoms with van der Waals surface area (Å²) in [6.07, 6.45) is 4.98. The fraction of sp³-hybridized carbons (Fsp3) is 0.412. The summed E-state index contributed by atoms with van der Waals surface area (Å²) in [4.78, 5) is 19.1. The van der Waals surface area contributed by atoms with Crippen molar-refractivity contribution in [2.24, 2.45) is 0 Å². The number of carbonyl (C=O) groups excluding carboxylic acids is 1. The summed E-state index contributed by atoms with van der Waals surface area (Å²) in [5, 5.41) is 5.35. The van der Waals surface area contributed by atoms with Crippen LogP contribution in [-0.2, 0) is 0 Å². The van der Waals surface area contributed by atoms with Gasteiger partial charge < -0.3 is 10.2 Å². The maximum atomic E-state index is 12.7. The third kappa shape index (κ3) is 2.71. The number of fused-ring (bicyclic) bond motifs is 1. The fourth-order valence-corrected chi connectivity index (χ4v) is 2.84. The van der Waals surface area contributed by atoms with E-state index in [9.17, 15) is 4.79 Å². The van der Waals surface area contributed by atoms with Crippen molar-refractivity contribution in [2.75, 3.05) is 25.0 Å². The van der Waals surface area contributed by atoms with Crippen LogP contribution in [0.4, 0.5) is 5.82 Å². The molecule has 0 radical (unpaired) electrons. The molecule has 1 aliphatic rings. The molecule has 0 aliphatic carbocycles. The molecule has 0 atom stereocenters. The van der Waals surface area contributed by atoms with Crippen LogP contribution in [0.2, 0.25) is 0 Å². The molecule has 0 bridgehead atoms. The smallest absolute Gasteiger partial charge is 0.256 e. The van der Waals surface area contributed by atoms with Crippen LogP contribution in [0.5, 0.6) is 0 Å². The Labute approximate surface area is 125 Å². The van der Waals surface area contributed by atoms with Crippen molar-refractivity contribution in [1.82, 2.24) is 9.88 Å². The van der Waals surface area contributed by atoms with E-state index in [1.807, 2.05) is 29.2 Å². The van der Waals surface area contributed by atoms with Gasteiger partial charge in [0, 0.05) is 31.2 Å². The zero-order valence-corrected chi connectivity index (χ0v) is 12.4. The van der Waals surface area contributed by atoms with Crippen molar-refractivity contribution in [2.45, 2.75) is 26.2 Å². The number of likely N-dealkylation sites (tertiary alicyclic amines) is 1. The lowest BCUT2D eigenvalue weighted by molar-refractivity contribution is 0.0794. The number of hydrogen-bond donors (Lipinski definition) is 1. The first-order valence-corrected chi connectivity index (χ1v) is 7.72. The average molecular weight is 283 g/mol. The van der Waals surface area contributed by atoms with E-state index in [-0.39, 0.29) is 5.91 Å². The molecule has 1 amide bonds. The van der Waals surface area contributed by atoms with Crippen LogP contribution in [0.15, 0.2) is 30.5 Å². The number of nitrogens with one attached hydrogen (secondary N) is 1. The summed E-state index contributed by atoms with van der Waals surface area (Å²) >= 11 is 0. The monoisotopic (exact) mass is 283 g/mol. The minimum atomic E-state index is 0.109. The Kier molecular flexibility index (Phi) is 4.04. The first-order chi connectivity index (χ1) is 10.3. The molecular weight excluding hydrogens is 262 g/mol. The number of benzene rings is 1. The second kappa shape index (κ2) is 6.12. The second-order valence-corrected chi connectivity index (χ2v) is 5.49. The van der Waals surface area contributed by atoms with E-state index in [1.165, 1.54) is 0 Å². The van der Waals surface area contributed by atoms with Crippen LogP contribution in [-0.4, -0.2) is 35.4 Å². The number of carbonyl (C=O) groups is 1. The van der Waals surface area contributed by atoms with Crippen LogP contribution in [0.3, 0.4) is 0 Å². The van der Waals surface area contributed by atoms with Crippen molar-refractivity contribution < 1.29 is 4.79 Å². The second-order valence-electron chi connectivity index (χ2n) is 5.49. The molecule has 1 aliphatic heterocycles. The standard InChI is InChI=1S/C17H21N3O/c1-2-9-18-16-14-8-4-3-7-13(14)15(12-19-16)17(21)20-10-5-6-11-20/h3-4,7-8,12H,2,5-6,9-11H2,1H3,(H,18,19). The number of nitrogens with zero attached hydrogens (tertiary/aromatic N) is 2. The quantitative estimate of drug-likeness (QED) is 0.936. The van der Waals surface area contributed by atoms with Crippen LogP contribution >= 0.6 is 0 Å². The van der Waals surface area contributed by atoms with Crippen molar-refractivity contribution in [3.63, 3.8) is 0 Å². The summed E-state index contributed by atoms with van der Waals surface area (Å²) < 4.78 is 0. The third-order valence-electron chi connectivity index (χ3n) is 3.96. The average Bonchev–Trinajstić information content (AvgIpc) is 3.06. The van der Waals surface area contributed by atoms with Crippen LogP contribution in [0.25, 0.3) is 10.8 Å². The molecule has 110 valence electrons. The maximum Gasteiger partial charge on any atom is 0.256 e. The summed E-state index contributed by atoms with van der Waals surface area (Å²) in [6.45, 7) is 4.74. The van der Waals surface area contributed by atoms with Gasteiger partial charge in [0.05, 0.1) is 5.56 Å². The van der Waals surface area contributed by atoms with Gasteiger partial charge in [-0.15, -0.1) is 0 Å². The van der Waals surface area contributed by atoms with Crippen molar-refractivity contribution in [3.8, 4) is 0 Å². The normalized spacial score (nSPS) is 14.6. The maximum absolute atomic E-state index is 12.7. The minimum absolute atomic E-state index is 0.109. The Morgan fingerprint density at radius 2 is 1.95 bits per heavy atom. The SMILES string of the molecule is CCCNc1ncc(C(=O)N2CCCC2)c2ccccc12. The van der Waals surface area contributed by atoms with Crippen LogP contribution in [0.1, 0.15) is 36.5 Å². The number of aromatic nitrogens is 1. The van der Waals surface area contributed by atoms with Crippen LogP contribution in [0, 0.1) is 0 Å². The zero-order chi connectivity index (χ0) is 14.7. The number of pyridine rings is 1. The van der Waals surface area contributed by atoms with Gasteiger partial charge in [-0.05, 0) is 24.6 Å². The van der Waals surface area contributed by atoms with E-state index in [0.717, 1.165) is 61.1 Å². The number of rotatable bonds is 4. The highest BCUT2D eigenvalue weighted by atomic mass is 16.2. The largest absolute Gasteiger partial charge is 0.370 e. The van der Waals surface area contributed by atoms with Crippen molar-refractivity contribution in [1.29, 1.82) is 0 Å². The Balaban J connectivity index is 2.01. The van der Waals surface area contributed by atoms with Gasteiger partial charge in [-0.1, -0.05) is 31.2 Å². The van der Waals surface area contributed by atoms with Gasteiger partial charge in [-0.2, -0.15) is 0 Å². The molecule has 0 spiro atoms. The molecule has 0 unspecified atom stereocenters. The van der Waals surface area contributed by atoms with Gasteiger partial charge in [0.25, 0.3) is 5.91 Å². The molecule has 4 heteroatoms. The summed E-state index contributed by atoms with van der Waals surface area (Å²) in [6, 6.07) is 8.01. The predicted molar refractivity (Wildman–Crippen MR) is 85.7 cm³/mol. The Morgan fingerprint density at radius 1 is 1.24 bits per heavy atom. The summed E-state index contributed by atoms with van der Waals surface area (Å²) in [5.74, 6) is 0.976. The lowest BCUT2D eigenvalue weighted by Gasteiger charge is -2.17. The summed E-state index contributed by atoms with van der Waals surface area (Å²) in [5.41, 5.74) is 0.717. The van der Waals surface area contributed by atoms with Gasteiger partial charge in [-0.3, -0.25) is 4.79 Å². The van der Waals surface area contributed by atoms with Gasteiger partial charge in [-0.25, -0.2) is 4.98 Å². The van der Waals surface area contributed by atoms with E-state index in [4.69, 9.17) is 0 Å². The number of anilines is 1. The van der Waals surface area contributed by atoms with Crippen LogP contribution < -0.4 is 5.32 Å². The zero-order valence-electron chi connectivity index (χ0n) is 12.4.